The van der Waals surface area contributed by atoms with E-state index in [1.165, 1.54) is 12.1 Å². The summed E-state index contributed by atoms with van der Waals surface area (Å²) < 4.78 is 21.4. The van der Waals surface area contributed by atoms with E-state index in [0.29, 0.717) is 6.10 Å². The van der Waals surface area contributed by atoms with Crippen molar-refractivity contribution in [2.45, 2.75) is 32.0 Å². The third-order valence-electron chi connectivity index (χ3n) is 2.66. The van der Waals surface area contributed by atoms with Crippen LogP contribution in [0.5, 0.6) is 0 Å². The van der Waals surface area contributed by atoms with E-state index in [1.807, 2.05) is 22.6 Å². The molecule has 0 bridgehead atoms. The fourth-order valence-corrected chi connectivity index (χ4v) is 2.15. The first kappa shape index (κ1) is 11.9. The maximum Gasteiger partial charge on any atom is 0.124 e. The summed E-state index contributed by atoms with van der Waals surface area (Å²) in [7, 11) is 0. The van der Waals surface area contributed by atoms with Crippen molar-refractivity contribution in [1.82, 2.24) is 0 Å². The van der Waals surface area contributed by atoms with Crippen LogP contribution in [0.2, 0.25) is 0 Å². The summed E-state index contributed by atoms with van der Waals surface area (Å²) in [4.78, 5) is 0. The summed E-state index contributed by atoms with van der Waals surface area (Å²) >= 11 is 1.96. The van der Waals surface area contributed by atoms with Crippen LogP contribution in [0.4, 0.5) is 4.39 Å². The summed E-state index contributed by atoms with van der Waals surface area (Å²) in [5.41, 5.74) is 1.77. The molecular formula is C13H12FIO. The SMILES string of the molecule is CCCC1OC1c1ccc(F)cc1C#CI. The van der Waals surface area contributed by atoms with Gasteiger partial charge in [-0.15, -0.1) is 0 Å². The highest BCUT2D eigenvalue weighted by Gasteiger charge is 2.40. The summed E-state index contributed by atoms with van der Waals surface area (Å²) in [5.74, 6) is 2.67. The van der Waals surface area contributed by atoms with E-state index in [0.717, 1.165) is 24.0 Å². The topological polar surface area (TPSA) is 12.5 Å². The molecule has 0 radical (unpaired) electrons. The van der Waals surface area contributed by atoms with Crippen LogP contribution in [0, 0.1) is 15.7 Å². The van der Waals surface area contributed by atoms with E-state index >= 15 is 0 Å². The number of halogens is 2. The Hall–Kier alpha value is -0.600. The van der Waals surface area contributed by atoms with Gasteiger partial charge >= 0.3 is 0 Å². The Morgan fingerprint density at radius 3 is 3.00 bits per heavy atom. The largest absolute Gasteiger partial charge is 0.364 e. The average Bonchev–Trinajstić information content (AvgIpc) is 2.98. The minimum atomic E-state index is -0.245. The number of hydrogen-bond donors (Lipinski definition) is 0. The van der Waals surface area contributed by atoms with Crippen molar-refractivity contribution in [3.63, 3.8) is 0 Å². The van der Waals surface area contributed by atoms with Crippen molar-refractivity contribution in [2.75, 3.05) is 0 Å². The second-order valence-electron chi connectivity index (χ2n) is 3.83. The molecule has 1 fully saturated rings. The molecule has 1 aliphatic rings. The van der Waals surface area contributed by atoms with Gasteiger partial charge in [0.1, 0.15) is 11.9 Å². The third kappa shape index (κ3) is 2.55. The lowest BCUT2D eigenvalue weighted by Gasteiger charge is -2.01. The van der Waals surface area contributed by atoms with Gasteiger partial charge in [0.25, 0.3) is 0 Å². The number of ether oxygens (including phenoxy) is 1. The van der Waals surface area contributed by atoms with Crippen LogP contribution in [0.25, 0.3) is 0 Å². The van der Waals surface area contributed by atoms with Crippen molar-refractivity contribution >= 4 is 22.6 Å². The molecule has 0 saturated carbocycles. The zero-order valence-electron chi connectivity index (χ0n) is 8.97. The first-order valence-corrected chi connectivity index (χ1v) is 6.40. The normalized spacial score (nSPS) is 22.4. The van der Waals surface area contributed by atoms with E-state index in [4.69, 9.17) is 4.74 Å². The van der Waals surface area contributed by atoms with E-state index in [1.54, 1.807) is 6.07 Å². The standard InChI is InChI=1S/C13H12FIO/c1-2-3-12-13(16-12)11-5-4-10(14)8-9(11)6-7-15/h4-5,8,12-13H,2-3H2,1H3. The number of rotatable bonds is 3. The molecule has 0 aromatic heterocycles. The molecule has 2 unspecified atom stereocenters. The smallest absolute Gasteiger partial charge is 0.124 e. The highest BCUT2D eigenvalue weighted by molar-refractivity contribution is 14.1. The van der Waals surface area contributed by atoms with Crippen molar-refractivity contribution in [3.05, 3.63) is 35.1 Å². The highest BCUT2D eigenvalue weighted by atomic mass is 127. The van der Waals surface area contributed by atoms with Gasteiger partial charge in [0.15, 0.2) is 0 Å². The molecule has 0 amide bonds. The lowest BCUT2D eigenvalue weighted by Crippen LogP contribution is -1.93. The molecule has 0 N–H and O–H groups in total. The molecule has 1 nitrogen and oxygen atoms in total. The molecule has 1 aromatic carbocycles. The first-order chi connectivity index (χ1) is 7.76. The monoisotopic (exact) mass is 330 g/mol. The molecule has 84 valence electrons. The quantitative estimate of drug-likeness (QED) is 0.466. The number of epoxide rings is 1. The Morgan fingerprint density at radius 1 is 1.50 bits per heavy atom. The Morgan fingerprint density at radius 2 is 2.31 bits per heavy atom. The molecule has 3 heteroatoms. The lowest BCUT2D eigenvalue weighted by molar-refractivity contribution is 0.364. The van der Waals surface area contributed by atoms with Gasteiger partial charge in [-0.1, -0.05) is 25.3 Å². The minimum absolute atomic E-state index is 0.118. The Labute approximate surface area is 109 Å². The van der Waals surface area contributed by atoms with Crippen LogP contribution >= 0.6 is 22.6 Å². The summed E-state index contributed by atoms with van der Waals surface area (Å²) in [6.45, 7) is 2.13. The maximum atomic E-state index is 13.1. The van der Waals surface area contributed by atoms with E-state index in [9.17, 15) is 4.39 Å². The van der Waals surface area contributed by atoms with Crippen LogP contribution < -0.4 is 0 Å². The zero-order valence-corrected chi connectivity index (χ0v) is 11.1. The molecule has 0 aliphatic carbocycles. The predicted octanol–water partition coefficient (Wildman–Crippen LogP) is 3.81. The molecule has 1 aliphatic heterocycles. The van der Waals surface area contributed by atoms with Gasteiger partial charge < -0.3 is 4.74 Å². The van der Waals surface area contributed by atoms with Gasteiger partial charge in [0, 0.05) is 28.2 Å². The van der Waals surface area contributed by atoms with Crippen molar-refractivity contribution < 1.29 is 9.13 Å². The first-order valence-electron chi connectivity index (χ1n) is 5.32. The second-order valence-corrected chi connectivity index (χ2v) is 4.37. The lowest BCUT2D eigenvalue weighted by atomic mass is 10.0. The van der Waals surface area contributed by atoms with Gasteiger partial charge in [-0.25, -0.2) is 4.39 Å². The molecular weight excluding hydrogens is 318 g/mol. The molecule has 1 aromatic rings. The van der Waals surface area contributed by atoms with E-state index in [-0.39, 0.29) is 11.9 Å². The van der Waals surface area contributed by atoms with E-state index < -0.39 is 0 Å². The van der Waals surface area contributed by atoms with Crippen molar-refractivity contribution in [2.24, 2.45) is 0 Å². The second kappa shape index (κ2) is 5.15. The molecule has 16 heavy (non-hydrogen) atoms. The molecule has 2 atom stereocenters. The van der Waals surface area contributed by atoms with Crippen LogP contribution in [-0.2, 0) is 4.74 Å². The number of benzene rings is 1. The van der Waals surface area contributed by atoms with Gasteiger partial charge in [0.05, 0.1) is 6.10 Å². The van der Waals surface area contributed by atoms with Crippen LogP contribution in [0.1, 0.15) is 37.0 Å². The summed E-state index contributed by atoms with van der Waals surface area (Å²) in [6.07, 6.45) is 2.58. The maximum absolute atomic E-state index is 13.1. The summed E-state index contributed by atoms with van der Waals surface area (Å²) in [6, 6.07) is 4.73. The van der Waals surface area contributed by atoms with Gasteiger partial charge in [-0.3, -0.25) is 0 Å². The Kier molecular flexibility index (Phi) is 3.82. The molecule has 0 spiro atoms. The van der Waals surface area contributed by atoms with Crippen LogP contribution in [-0.4, -0.2) is 6.10 Å². The van der Waals surface area contributed by atoms with Gasteiger partial charge in [-0.05, 0) is 28.0 Å². The minimum Gasteiger partial charge on any atom is -0.364 e. The van der Waals surface area contributed by atoms with E-state index in [2.05, 4.69) is 16.8 Å². The summed E-state index contributed by atoms with van der Waals surface area (Å²) in [5, 5.41) is 0. The third-order valence-corrected chi connectivity index (χ3v) is 2.93. The van der Waals surface area contributed by atoms with Crippen molar-refractivity contribution in [3.8, 4) is 9.85 Å². The average molecular weight is 330 g/mol. The molecule has 2 rings (SSSR count). The Balaban J connectivity index is 2.23. The highest BCUT2D eigenvalue weighted by Crippen LogP contribution is 2.42. The molecule has 1 heterocycles. The fourth-order valence-electron chi connectivity index (χ4n) is 1.86. The van der Waals surface area contributed by atoms with Gasteiger partial charge in [0.2, 0.25) is 0 Å². The van der Waals surface area contributed by atoms with Gasteiger partial charge in [-0.2, -0.15) is 0 Å². The fraction of sp³-hybridized carbons (Fsp3) is 0.385. The zero-order chi connectivity index (χ0) is 11.5. The molecule has 1 saturated heterocycles. The predicted molar refractivity (Wildman–Crippen MR) is 69.8 cm³/mol. The van der Waals surface area contributed by atoms with Crippen LogP contribution in [0.15, 0.2) is 18.2 Å². The van der Waals surface area contributed by atoms with Crippen molar-refractivity contribution in [1.29, 1.82) is 0 Å². The van der Waals surface area contributed by atoms with Crippen LogP contribution in [0.3, 0.4) is 0 Å². The number of hydrogen-bond acceptors (Lipinski definition) is 1. The Bertz CT molecular complexity index is 447.